The number of likely N-dealkylation sites (N-methyl/N-ethyl adjacent to an activating group) is 1. The van der Waals surface area contributed by atoms with Gasteiger partial charge in [0.2, 0.25) is 0 Å². The van der Waals surface area contributed by atoms with Gasteiger partial charge in [-0.3, -0.25) is 14.4 Å². The number of aliphatic carboxylic acids is 2. The van der Waals surface area contributed by atoms with Crippen molar-refractivity contribution in [2.24, 2.45) is 0 Å². The first kappa shape index (κ1) is 15.9. The zero-order valence-corrected chi connectivity index (χ0v) is 11.2. The third kappa shape index (κ3) is 3.69. The van der Waals surface area contributed by atoms with Gasteiger partial charge in [-0.05, 0) is 26.2 Å². The van der Waals surface area contributed by atoms with E-state index in [0.29, 0.717) is 19.3 Å². The number of piperidine rings is 1. The number of amides is 2. The lowest BCUT2D eigenvalue weighted by Gasteiger charge is -2.33. The van der Waals surface area contributed by atoms with Crippen LogP contribution in [0.2, 0.25) is 0 Å². The van der Waals surface area contributed by atoms with Gasteiger partial charge in [0, 0.05) is 13.1 Å². The van der Waals surface area contributed by atoms with Crippen LogP contribution in [0.25, 0.3) is 0 Å². The van der Waals surface area contributed by atoms with Gasteiger partial charge in [-0.25, -0.2) is 4.79 Å². The second-order valence-corrected chi connectivity index (χ2v) is 4.56. The summed E-state index contributed by atoms with van der Waals surface area (Å²) in [5.41, 5.74) is 0. The Morgan fingerprint density at radius 1 is 1.20 bits per heavy atom. The van der Waals surface area contributed by atoms with Crippen LogP contribution in [0.1, 0.15) is 26.2 Å². The number of carbonyl (C=O) groups excluding carboxylic acids is 2. The molecule has 0 spiro atoms. The Hall–Kier alpha value is -2.12. The van der Waals surface area contributed by atoms with Crippen LogP contribution in [0.5, 0.6) is 0 Å². The Labute approximate surface area is 116 Å². The number of nitrogens with zero attached hydrogens (tertiary/aromatic N) is 2. The third-order valence-electron chi connectivity index (χ3n) is 3.23. The third-order valence-corrected chi connectivity index (χ3v) is 3.23. The maximum atomic E-state index is 12.1. The Morgan fingerprint density at radius 3 is 2.35 bits per heavy atom. The summed E-state index contributed by atoms with van der Waals surface area (Å²) in [5, 5.41) is 17.8. The van der Waals surface area contributed by atoms with Crippen molar-refractivity contribution >= 4 is 23.8 Å². The molecule has 1 heterocycles. The van der Waals surface area contributed by atoms with Crippen molar-refractivity contribution < 1.29 is 29.4 Å². The highest BCUT2D eigenvalue weighted by Gasteiger charge is 2.36. The number of rotatable bonds is 4. The number of carbonyl (C=O) groups is 4. The minimum absolute atomic E-state index is 0.0719. The van der Waals surface area contributed by atoms with E-state index in [2.05, 4.69) is 0 Å². The monoisotopic (exact) mass is 286 g/mol. The molecular formula is C12H18N2O6. The summed E-state index contributed by atoms with van der Waals surface area (Å²) in [4.78, 5) is 47.7. The molecule has 0 radical (unpaired) electrons. The van der Waals surface area contributed by atoms with E-state index >= 15 is 0 Å². The summed E-state index contributed by atoms with van der Waals surface area (Å²) in [6.07, 6.45) is 1.62. The van der Waals surface area contributed by atoms with Crippen LogP contribution in [0, 0.1) is 0 Å². The first-order valence-electron chi connectivity index (χ1n) is 6.43. The lowest BCUT2D eigenvalue weighted by Crippen LogP contribution is -2.54. The van der Waals surface area contributed by atoms with Gasteiger partial charge in [-0.1, -0.05) is 0 Å². The van der Waals surface area contributed by atoms with E-state index in [4.69, 9.17) is 10.2 Å². The minimum Gasteiger partial charge on any atom is -0.480 e. The average molecular weight is 286 g/mol. The zero-order chi connectivity index (χ0) is 15.3. The van der Waals surface area contributed by atoms with Crippen molar-refractivity contribution in [3.8, 4) is 0 Å². The van der Waals surface area contributed by atoms with Crippen LogP contribution in [0.15, 0.2) is 0 Å². The van der Waals surface area contributed by atoms with Gasteiger partial charge >= 0.3 is 23.8 Å². The largest absolute Gasteiger partial charge is 0.480 e. The van der Waals surface area contributed by atoms with Crippen molar-refractivity contribution in [1.29, 1.82) is 0 Å². The van der Waals surface area contributed by atoms with E-state index in [0.717, 1.165) is 9.80 Å². The molecule has 2 amide bonds. The molecule has 1 aliphatic rings. The molecular weight excluding hydrogens is 268 g/mol. The van der Waals surface area contributed by atoms with Gasteiger partial charge in [-0.15, -0.1) is 0 Å². The van der Waals surface area contributed by atoms with E-state index in [-0.39, 0.29) is 13.1 Å². The van der Waals surface area contributed by atoms with Gasteiger partial charge in [0.1, 0.15) is 12.6 Å². The summed E-state index contributed by atoms with van der Waals surface area (Å²) in [5.74, 6) is -4.28. The predicted octanol–water partition coefficient (Wildman–Crippen LogP) is -0.615. The molecule has 1 rings (SSSR count). The van der Waals surface area contributed by atoms with Crippen LogP contribution in [0.4, 0.5) is 0 Å². The molecule has 1 saturated heterocycles. The van der Waals surface area contributed by atoms with Crippen LogP contribution in [-0.2, 0) is 19.2 Å². The number of carboxylic acids is 2. The van der Waals surface area contributed by atoms with E-state index < -0.39 is 36.3 Å². The standard InChI is InChI=1S/C12H18N2O6/c1-2-13(7-9(15)16)10(17)11(18)14-6-4-3-5-8(14)12(19)20/h8H,2-7H2,1H3,(H,15,16)(H,19,20)/t8-/m0/s1. The molecule has 0 aromatic heterocycles. The van der Waals surface area contributed by atoms with Gasteiger partial charge in [0.15, 0.2) is 0 Å². The Morgan fingerprint density at radius 2 is 1.85 bits per heavy atom. The molecule has 20 heavy (non-hydrogen) atoms. The first-order valence-corrected chi connectivity index (χ1v) is 6.43. The number of likely N-dealkylation sites (tertiary alicyclic amines) is 1. The predicted molar refractivity (Wildman–Crippen MR) is 66.9 cm³/mol. The Kier molecular flexibility index (Phi) is 5.48. The second kappa shape index (κ2) is 6.88. The zero-order valence-electron chi connectivity index (χ0n) is 11.2. The molecule has 8 nitrogen and oxygen atoms in total. The molecule has 1 fully saturated rings. The maximum Gasteiger partial charge on any atom is 0.326 e. The van der Waals surface area contributed by atoms with Crippen LogP contribution in [-0.4, -0.2) is 69.4 Å². The highest BCUT2D eigenvalue weighted by atomic mass is 16.4. The quantitative estimate of drug-likeness (QED) is 0.666. The van der Waals surface area contributed by atoms with E-state index in [1.165, 1.54) is 0 Å². The average Bonchev–Trinajstić information content (AvgIpc) is 2.42. The molecule has 1 atom stereocenters. The summed E-state index contributed by atoms with van der Waals surface area (Å²) in [6.45, 7) is 1.25. The normalized spacial score (nSPS) is 18.4. The van der Waals surface area contributed by atoms with Crippen molar-refractivity contribution in [3.05, 3.63) is 0 Å². The number of hydrogen-bond acceptors (Lipinski definition) is 4. The van der Waals surface area contributed by atoms with Crippen molar-refractivity contribution in [1.82, 2.24) is 9.80 Å². The molecule has 0 aliphatic carbocycles. The molecule has 0 saturated carbocycles. The fourth-order valence-electron chi connectivity index (χ4n) is 2.18. The molecule has 8 heteroatoms. The topological polar surface area (TPSA) is 115 Å². The van der Waals surface area contributed by atoms with Crippen molar-refractivity contribution in [3.63, 3.8) is 0 Å². The van der Waals surface area contributed by atoms with Gasteiger partial charge in [-0.2, -0.15) is 0 Å². The highest BCUT2D eigenvalue weighted by Crippen LogP contribution is 2.18. The Balaban J connectivity index is 2.82. The fraction of sp³-hybridized carbons (Fsp3) is 0.667. The SMILES string of the molecule is CCN(CC(=O)O)C(=O)C(=O)N1CCCC[C@H]1C(=O)O. The van der Waals surface area contributed by atoms with Gasteiger partial charge in [0.25, 0.3) is 0 Å². The van der Waals surface area contributed by atoms with Crippen molar-refractivity contribution in [2.75, 3.05) is 19.6 Å². The summed E-state index contributed by atoms with van der Waals surface area (Å²) >= 11 is 0. The second-order valence-electron chi connectivity index (χ2n) is 4.56. The fourth-order valence-corrected chi connectivity index (χ4v) is 2.18. The molecule has 0 aromatic carbocycles. The molecule has 112 valence electrons. The van der Waals surface area contributed by atoms with Gasteiger partial charge in [0.05, 0.1) is 0 Å². The van der Waals surface area contributed by atoms with Crippen LogP contribution < -0.4 is 0 Å². The Bertz CT molecular complexity index is 422. The summed E-state index contributed by atoms with van der Waals surface area (Å²) in [6, 6.07) is -1.01. The number of hydrogen-bond donors (Lipinski definition) is 2. The van der Waals surface area contributed by atoms with E-state index in [1.54, 1.807) is 6.92 Å². The first-order chi connectivity index (χ1) is 9.38. The van der Waals surface area contributed by atoms with Gasteiger partial charge < -0.3 is 20.0 Å². The molecule has 2 N–H and O–H groups in total. The van der Waals surface area contributed by atoms with E-state index in [9.17, 15) is 19.2 Å². The molecule has 0 bridgehead atoms. The highest BCUT2D eigenvalue weighted by molar-refractivity contribution is 6.35. The lowest BCUT2D eigenvalue weighted by atomic mass is 10.0. The number of carboxylic acid groups (broad SMARTS) is 2. The molecule has 0 unspecified atom stereocenters. The maximum absolute atomic E-state index is 12.1. The van der Waals surface area contributed by atoms with Crippen LogP contribution >= 0.6 is 0 Å². The smallest absolute Gasteiger partial charge is 0.326 e. The summed E-state index contributed by atoms with van der Waals surface area (Å²) < 4.78 is 0. The minimum atomic E-state index is -1.22. The van der Waals surface area contributed by atoms with E-state index in [1.807, 2.05) is 0 Å². The van der Waals surface area contributed by atoms with Crippen molar-refractivity contribution in [2.45, 2.75) is 32.2 Å². The summed E-state index contributed by atoms with van der Waals surface area (Å²) in [7, 11) is 0. The molecule has 1 aliphatic heterocycles. The van der Waals surface area contributed by atoms with Crippen LogP contribution in [0.3, 0.4) is 0 Å². The lowest BCUT2D eigenvalue weighted by molar-refractivity contribution is -0.160. The molecule has 0 aromatic rings.